The fourth-order valence-corrected chi connectivity index (χ4v) is 3.14. The van der Waals surface area contributed by atoms with E-state index in [9.17, 15) is 9.59 Å². The van der Waals surface area contributed by atoms with Gasteiger partial charge in [0.05, 0.1) is 18.1 Å². The van der Waals surface area contributed by atoms with E-state index in [4.69, 9.17) is 9.84 Å². The Morgan fingerprint density at radius 2 is 1.85 bits per heavy atom. The lowest BCUT2D eigenvalue weighted by Gasteiger charge is -2.31. The molecule has 0 aromatic carbocycles. The minimum absolute atomic E-state index is 0.0773. The minimum Gasteiger partial charge on any atom is -0.481 e. The van der Waals surface area contributed by atoms with Crippen molar-refractivity contribution in [1.82, 2.24) is 10.2 Å². The van der Waals surface area contributed by atoms with E-state index >= 15 is 0 Å². The van der Waals surface area contributed by atoms with Gasteiger partial charge in [0.1, 0.15) is 0 Å². The van der Waals surface area contributed by atoms with Gasteiger partial charge in [0.2, 0.25) is 0 Å². The highest BCUT2D eigenvalue weighted by Gasteiger charge is 2.32. The zero-order valence-electron chi connectivity index (χ0n) is 12.2. The number of nitrogens with one attached hydrogen (secondary N) is 1. The van der Waals surface area contributed by atoms with Crippen LogP contribution in [0.25, 0.3) is 0 Å². The number of hydrogen-bond donors (Lipinski definition) is 2. The minimum atomic E-state index is -0.719. The number of carbonyl (C=O) groups is 2. The maximum atomic E-state index is 12.2. The molecule has 2 aliphatic rings. The molecule has 2 rings (SSSR count). The number of rotatable bonds is 3. The SMILES string of the molecule is CC1OCCC1N(C)C(=O)NC1CCC(C(=O)O)CC1. The number of carbonyl (C=O) groups excluding carboxylic acids is 1. The Morgan fingerprint density at radius 1 is 1.20 bits per heavy atom. The fraction of sp³-hybridized carbons (Fsp3) is 0.857. The molecule has 2 atom stereocenters. The van der Waals surface area contributed by atoms with Gasteiger partial charge in [0.25, 0.3) is 0 Å². The molecule has 2 N–H and O–H groups in total. The van der Waals surface area contributed by atoms with E-state index in [-0.39, 0.29) is 30.1 Å². The zero-order valence-corrected chi connectivity index (χ0v) is 12.2. The third kappa shape index (κ3) is 3.42. The fourth-order valence-electron chi connectivity index (χ4n) is 3.14. The van der Waals surface area contributed by atoms with Crippen molar-refractivity contribution in [2.75, 3.05) is 13.7 Å². The summed E-state index contributed by atoms with van der Waals surface area (Å²) < 4.78 is 5.48. The van der Waals surface area contributed by atoms with E-state index in [0.29, 0.717) is 19.4 Å². The summed E-state index contributed by atoms with van der Waals surface area (Å²) in [6.45, 7) is 2.69. The Hall–Kier alpha value is -1.30. The van der Waals surface area contributed by atoms with Crippen LogP contribution in [0.4, 0.5) is 4.79 Å². The summed E-state index contributed by atoms with van der Waals surface area (Å²) in [5.74, 6) is -0.965. The topological polar surface area (TPSA) is 78.9 Å². The molecule has 0 aromatic rings. The predicted octanol–water partition coefficient (Wildman–Crippen LogP) is 1.45. The van der Waals surface area contributed by atoms with Gasteiger partial charge in [-0.15, -0.1) is 0 Å². The average Bonchev–Trinajstić information content (AvgIpc) is 2.84. The zero-order chi connectivity index (χ0) is 14.7. The third-order valence-electron chi connectivity index (χ3n) is 4.56. The Labute approximate surface area is 119 Å². The molecule has 1 aliphatic heterocycles. The van der Waals surface area contributed by atoms with Crippen LogP contribution in [0.1, 0.15) is 39.0 Å². The third-order valence-corrected chi connectivity index (χ3v) is 4.56. The van der Waals surface area contributed by atoms with Gasteiger partial charge < -0.3 is 20.1 Å². The molecule has 0 bridgehead atoms. The second kappa shape index (κ2) is 6.43. The van der Waals surface area contributed by atoms with Crippen LogP contribution in [0.15, 0.2) is 0 Å². The summed E-state index contributed by atoms with van der Waals surface area (Å²) in [5, 5.41) is 12.0. The first-order valence-corrected chi connectivity index (χ1v) is 7.36. The van der Waals surface area contributed by atoms with E-state index < -0.39 is 5.97 Å². The molecule has 2 unspecified atom stereocenters. The first-order chi connectivity index (χ1) is 9.49. The molecule has 1 aliphatic carbocycles. The summed E-state index contributed by atoms with van der Waals surface area (Å²) in [6, 6.07) is 0.148. The van der Waals surface area contributed by atoms with Crippen molar-refractivity contribution in [2.24, 2.45) is 5.92 Å². The number of aliphatic carboxylic acids is 1. The van der Waals surface area contributed by atoms with Gasteiger partial charge in [-0.05, 0) is 39.0 Å². The van der Waals surface area contributed by atoms with Gasteiger partial charge in [0, 0.05) is 19.7 Å². The molecule has 6 nitrogen and oxygen atoms in total. The van der Waals surface area contributed by atoms with Crippen LogP contribution < -0.4 is 5.32 Å². The van der Waals surface area contributed by atoms with Crippen molar-refractivity contribution in [3.05, 3.63) is 0 Å². The standard InChI is InChI=1S/C14H24N2O4/c1-9-12(7-8-20-9)16(2)14(19)15-11-5-3-10(4-6-11)13(17)18/h9-12H,3-8H2,1-2H3,(H,15,19)(H,17,18). The molecule has 2 amide bonds. The molecule has 0 aromatic heterocycles. The van der Waals surface area contributed by atoms with Crippen LogP contribution in [0, 0.1) is 5.92 Å². The van der Waals surface area contributed by atoms with Gasteiger partial charge >= 0.3 is 12.0 Å². The molecule has 1 saturated carbocycles. The van der Waals surface area contributed by atoms with Crippen molar-refractivity contribution >= 4 is 12.0 Å². The molecule has 2 fully saturated rings. The Kier molecular flexibility index (Phi) is 4.86. The van der Waals surface area contributed by atoms with Crippen molar-refractivity contribution in [3.8, 4) is 0 Å². The number of urea groups is 1. The van der Waals surface area contributed by atoms with Crippen LogP contribution in [-0.2, 0) is 9.53 Å². The van der Waals surface area contributed by atoms with E-state index in [1.165, 1.54) is 0 Å². The number of carboxylic acids is 1. The van der Waals surface area contributed by atoms with E-state index in [1.807, 2.05) is 6.92 Å². The van der Waals surface area contributed by atoms with Crippen LogP contribution in [0.2, 0.25) is 0 Å². The summed E-state index contributed by atoms with van der Waals surface area (Å²) in [6.07, 6.45) is 3.73. The monoisotopic (exact) mass is 284 g/mol. The van der Waals surface area contributed by atoms with E-state index in [2.05, 4.69) is 5.32 Å². The second-order valence-corrected chi connectivity index (χ2v) is 5.88. The lowest BCUT2D eigenvalue weighted by molar-refractivity contribution is -0.142. The van der Waals surface area contributed by atoms with Crippen molar-refractivity contribution < 1.29 is 19.4 Å². The lowest BCUT2D eigenvalue weighted by Crippen LogP contribution is -2.50. The largest absolute Gasteiger partial charge is 0.481 e. The van der Waals surface area contributed by atoms with Gasteiger partial charge in [-0.2, -0.15) is 0 Å². The molecular formula is C14H24N2O4. The number of amides is 2. The molecule has 0 spiro atoms. The highest BCUT2D eigenvalue weighted by molar-refractivity contribution is 5.75. The van der Waals surface area contributed by atoms with Crippen molar-refractivity contribution in [3.63, 3.8) is 0 Å². The predicted molar refractivity (Wildman–Crippen MR) is 73.5 cm³/mol. The van der Waals surface area contributed by atoms with E-state index in [0.717, 1.165) is 19.3 Å². The Balaban J connectivity index is 1.79. The molecule has 1 heterocycles. The number of nitrogens with zero attached hydrogens (tertiary/aromatic N) is 1. The van der Waals surface area contributed by atoms with Crippen molar-refractivity contribution in [1.29, 1.82) is 0 Å². The average molecular weight is 284 g/mol. The lowest BCUT2D eigenvalue weighted by atomic mass is 9.86. The van der Waals surface area contributed by atoms with Gasteiger partial charge in [-0.3, -0.25) is 4.79 Å². The van der Waals surface area contributed by atoms with Crippen LogP contribution >= 0.6 is 0 Å². The molecule has 6 heteroatoms. The highest BCUT2D eigenvalue weighted by Crippen LogP contribution is 2.25. The molecular weight excluding hydrogens is 260 g/mol. The molecule has 114 valence electrons. The Bertz CT molecular complexity index is 366. The highest BCUT2D eigenvalue weighted by atomic mass is 16.5. The molecule has 1 saturated heterocycles. The smallest absolute Gasteiger partial charge is 0.317 e. The summed E-state index contributed by atoms with van der Waals surface area (Å²) >= 11 is 0. The maximum Gasteiger partial charge on any atom is 0.317 e. The van der Waals surface area contributed by atoms with Gasteiger partial charge in [-0.1, -0.05) is 0 Å². The Morgan fingerprint density at radius 3 is 2.35 bits per heavy atom. The summed E-state index contributed by atoms with van der Waals surface area (Å²) in [4.78, 5) is 24.8. The summed E-state index contributed by atoms with van der Waals surface area (Å²) in [7, 11) is 1.80. The van der Waals surface area contributed by atoms with Gasteiger partial charge in [0.15, 0.2) is 0 Å². The number of carboxylic acid groups (broad SMARTS) is 1. The quantitative estimate of drug-likeness (QED) is 0.822. The second-order valence-electron chi connectivity index (χ2n) is 5.88. The van der Waals surface area contributed by atoms with Crippen LogP contribution in [0.5, 0.6) is 0 Å². The first-order valence-electron chi connectivity index (χ1n) is 7.36. The van der Waals surface area contributed by atoms with Crippen LogP contribution in [-0.4, -0.2) is 53.8 Å². The number of hydrogen-bond acceptors (Lipinski definition) is 3. The first kappa shape index (κ1) is 15.1. The van der Waals surface area contributed by atoms with Crippen LogP contribution in [0.3, 0.4) is 0 Å². The number of likely N-dealkylation sites (N-methyl/N-ethyl adjacent to an activating group) is 1. The van der Waals surface area contributed by atoms with E-state index in [1.54, 1.807) is 11.9 Å². The summed E-state index contributed by atoms with van der Waals surface area (Å²) in [5.41, 5.74) is 0. The van der Waals surface area contributed by atoms with Crippen molar-refractivity contribution in [2.45, 2.75) is 57.2 Å². The molecule has 20 heavy (non-hydrogen) atoms. The maximum absolute atomic E-state index is 12.2. The molecule has 0 radical (unpaired) electrons. The normalized spacial score (nSPS) is 33.7. The number of ether oxygens (including phenoxy) is 1. The van der Waals surface area contributed by atoms with Gasteiger partial charge in [-0.25, -0.2) is 4.79 Å².